The molecular weight excluding hydrogens is 256 g/mol. The maximum Gasteiger partial charge on any atom is 0.195 e. The van der Waals surface area contributed by atoms with Gasteiger partial charge in [-0.1, -0.05) is 11.5 Å². The Morgan fingerprint density at radius 3 is 2.92 bits per heavy atom. The first-order valence-electron chi connectivity index (χ1n) is 3.36. The van der Waals surface area contributed by atoms with Crippen LogP contribution in [0, 0.1) is 11.3 Å². The monoisotopic (exact) mass is 259 g/mol. The van der Waals surface area contributed by atoms with E-state index >= 15 is 0 Å². The van der Waals surface area contributed by atoms with E-state index in [0.717, 1.165) is 10.2 Å². The number of hydrogen-bond donors (Lipinski definition) is 0. The van der Waals surface area contributed by atoms with Crippen LogP contribution in [0.4, 0.5) is 0 Å². The third kappa shape index (κ3) is 2.17. The van der Waals surface area contributed by atoms with Crippen molar-refractivity contribution in [2.75, 3.05) is 0 Å². The Bertz CT molecular complexity index is 474. The van der Waals surface area contributed by atoms with Crippen molar-refractivity contribution in [1.29, 1.82) is 5.26 Å². The molecule has 1 aromatic carbocycles. The molecule has 2 rings (SSSR count). The van der Waals surface area contributed by atoms with Crippen molar-refractivity contribution in [1.82, 2.24) is 4.98 Å². The summed E-state index contributed by atoms with van der Waals surface area (Å²) in [5.74, 6) is 0. The fourth-order valence-electron chi connectivity index (χ4n) is 0.992. The summed E-state index contributed by atoms with van der Waals surface area (Å²) in [5.41, 5.74) is 1.48. The minimum atomic E-state index is 0. The summed E-state index contributed by atoms with van der Waals surface area (Å²) < 4.78 is 1.00. The Kier molecular flexibility index (Phi) is 3.61. The molecule has 57 valence electrons. The van der Waals surface area contributed by atoms with Crippen molar-refractivity contribution >= 4 is 34.9 Å². The molecule has 0 bridgehead atoms. The zero-order valence-electron chi connectivity index (χ0n) is 6.69. The van der Waals surface area contributed by atoms with Gasteiger partial charge in [0.1, 0.15) is 13.9 Å². The van der Waals surface area contributed by atoms with Gasteiger partial charge in [0.25, 0.3) is 0 Å². The van der Waals surface area contributed by atoms with Crippen molar-refractivity contribution < 1.29 is 32.7 Å². The van der Waals surface area contributed by atoms with Crippen LogP contribution < -0.4 is 5.46 Å². The van der Waals surface area contributed by atoms with E-state index in [9.17, 15) is 0 Å². The van der Waals surface area contributed by atoms with Gasteiger partial charge in [-0.15, -0.1) is 11.3 Å². The summed E-state index contributed by atoms with van der Waals surface area (Å²) in [6, 6.07) is 7.46. The van der Waals surface area contributed by atoms with Gasteiger partial charge in [-0.3, -0.25) is 0 Å². The zero-order chi connectivity index (χ0) is 8.55. The molecule has 2 nitrogen and oxygen atoms in total. The zero-order valence-corrected chi connectivity index (χ0v) is 10.3. The molecule has 0 N–H and O–H groups in total. The van der Waals surface area contributed by atoms with Gasteiger partial charge in [0.05, 0.1) is 10.2 Å². The first-order valence-corrected chi connectivity index (χ1v) is 4.17. The average molecular weight is 259 g/mol. The van der Waals surface area contributed by atoms with E-state index in [1.807, 2.05) is 18.2 Å². The molecule has 0 aliphatic carbocycles. The number of nitriles is 1. The van der Waals surface area contributed by atoms with Gasteiger partial charge in [-0.05, 0) is 12.1 Å². The molecule has 0 saturated heterocycles. The molecule has 0 unspecified atom stereocenters. The van der Waals surface area contributed by atoms with Crippen molar-refractivity contribution in [3.05, 3.63) is 23.2 Å². The van der Waals surface area contributed by atoms with Crippen molar-refractivity contribution in [2.24, 2.45) is 0 Å². The van der Waals surface area contributed by atoms with Gasteiger partial charge < -0.3 is 0 Å². The Morgan fingerprint density at radius 1 is 1.46 bits per heavy atom. The van der Waals surface area contributed by atoms with Crippen LogP contribution in [0.2, 0.25) is 0 Å². The van der Waals surface area contributed by atoms with E-state index in [0.29, 0.717) is 10.5 Å². The second-order valence-electron chi connectivity index (χ2n) is 2.36. The van der Waals surface area contributed by atoms with Crippen LogP contribution >= 0.6 is 11.3 Å². The van der Waals surface area contributed by atoms with E-state index in [1.165, 1.54) is 11.3 Å². The topological polar surface area (TPSA) is 36.7 Å². The normalized spacial score (nSPS) is 9.15. The second-order valence-corrected chi connectivity index (χ2v) is 3.39. The van der Waals surface area contributed by atoms with E-state index in [4.69, 9.17) is 13.1 Å². The second kappa shape index (κ2) is 4.32. The van der Waals surface area contributed by atoms with Crippen LogP contribution in [-0.4, -0.2) is 12.8 Å². The maximum absolute atomic E-state index is 8.57. The van der Waals surface area contributed by atoms with Crippen LogP contribution in [0.5, 0.6) is 0 Å². The van der Waals surface area contributed by atoms with Crippen LogP contribution in [0.15, 0.2) is 18.2 Å². The molecule has 2 aromatic rings. The number of rotatable bonds is 0. The molecule has 0 saturated carbocycles. The van der Waals surface area contributed by atoms with Gasteiger partial charge >= 0.3 is 0 Å². The molecule has 0 spiro atoms. The number of thiazole rings is 1. The molecule has 0 fully saturated rings. The van der Waals surface area contributed by atoms with Gasteiger partial charge in [-0.25, -0.2) is 4.98 Å². The summed E-state index contributed by atoms with van der Waals surface area (Å²) in [4.78, 5) is 4.07. The predicted molar refractivity (Wildman–Crippen MR) is 49.7 cm³/mol. The molecule has 0 aliphatic rings. The Hall–Kier alpha value is -0.231. The minimum absolute atomic E-state index is 0. The first kappa shape index (κ1) is 10.8. The van der Waals surface area contributed by atoms with Gasteiger partial charge in [0.2, 0.25) is 0 Å². The summed E-state index contributed by atoms with van der Waals surface area (Å²) in [5, 5.41) is 9.06. The van der Waals surface area contributed by atoms with E-state index in [2.05, 4.69) is 4.98 Å². The van der Waals surface area contributed by atoms with E-state index in [-0.39, 0.29) is 32.7 Å². The summed E-state index contributed by atoms with van der Waals surface area (Å²) >= 11 is 1.38. The summed E-state index contributed by atoms with van der Waals surface area (Å²) in [6.45, 7) is 0. The standard InChI is InChI=1S/C8H3BN2S.Y/c9-5-1-2-7-6(3-5)11-8(4-10)12-7;/h1-3H;. The summed E-state index contributed by atoms with van der Waals surface area (Å²) in [7, 11) is 5.56. The molecule has 1 aromatic heterocycles. The van der Waals surface area contributed by atoms with Crippen molar-refractivity contribution in [3.63, 3.8) is 0 Å². The van der Waals surface area contributed by atoms with Crippen molar-refractivity contribution in [3.8, 4) is 6.07 Å². The molecule has 0 amide bonds. The van der Waals surface area contributed by atoms with Gasteiger partial charge in [0, 0.05) is 32.7 Å². The average Bonchev–Trinajstić information content (AvgIpc) is 2.46. The van der Waals surface area contributed by atoms with E-state index < -0.39 is 0 Å². The predicted octanol–water partition coefficient (Wildman–Crippen LogP) is 0.959. The fraction of sp³-hybridized carbons (Fsp3) is 0. The molecule has 5 heteroatoms. The number of benzene rings is 1. The third-order valence-corrected chi connectivity index (χ3v) is 2.45. The molecule has 0 atom stereocenters. The Labute approximate surface area is 106 Å². The smallest absolute Gasteiger partial charge is 0.195 e. The van der Waals surface area contributed by atoms with Crippen molar-refractivity contribution in [2.45, 2.75) is 0 Å². The molecule has 1 heterocycles. The number of fused-ring (bicyclic) bond motifs is 1. The van der Waals surface area contributed by atoms with Crippen LogP contribution in [0.3, 0.4) is 0 Å². The maximum atomic E-state index is 8.57. The quantitative estimate of drug-likeness (QED) is 0.660. The number of hydrogen-bond acceptors (Lipinski definition) is 3. The third-order valence-electron chi connectivity index (χ3n) is 1.51. The Balaban J connectivity index is 0.000000845. The Morgan fingerprint density at radius 2 is 2.23 bits per heavy atom. The van der Waals surface area contributed by atoms with Gasteiger partial charge in [0.15, 0.2) is 5.01 Å². The van der Waals surface area contributed by atoms with Crippen LogP contribution in [0.25, 0.3) is 10.2 Å². The largest absolute Gasteiger partial charge is 0.226 e. The SMILES string of the molecule is [B]c1ccc2sc(C#N)nc2c1.[Y]. The van der Waals surface area contributed by atoms with E-state index in [1.54, 1.807) is 6.07 Å². The number of aromatic nitrogens is 1. The summed E-state index contributed by atoms with van der Waals surface area (Å²) in [6.07, 6.45) is 0. The van der Waals surface area contributed by atoms with Crippen LogP contribution in [0.1, 0.15) is 5.01 Å². The molecule has 13 heavy (non-hydrogen) atoms. The first-order chi connectivity index (χ1) is 5.79. The number of nitrogens with zero attached hydrogens (tertiary/aromatic N) is 2. The molecular formula is C8H3BN2SY. The fourth-order valence-corrected chi connectivity index (χ4v) is 1.74. The minimum Gasteiger partial charge on any atom is -0.226 e. The van der Waals surface area contributed by atoms with Gasteiger partial charge in [-0.2, -0.15) is 5.26 Å². The van der Waals surface area contributed by atoms with Crippen LogP contribution in [-0.2, 0) is 32.7 Å². The molecule has 0 aliphatic heterocycles. The molecule has 3 radical (unpaired) electrons.